The Balaban J connectivity index is 3.25. The number of sulfone groups is 1. The first-order valence-electron chi connectivity index (χ1n) is 8.03. The van der Waals surface area contributed by atoms with Crippen molar-refractivity contribution < 1.29 is 32.3 Å². The van der Waals surface area contributed by atoms with Gasteiger partial charge in [-0.25, -0.2) is 8.42 Å². The Morgan fingerprint density at radius 2 is 1.68 bits per heavy atom. The number of amides is 1. The molecule has 0 saturated heterocycles. The zero-order valence-electron chi connectivity index (χ0n) is 15.1. The van der Waals surface area contributed by atoms with Crippen LogP contribution >= 0.6 is 11.6 Å². The molecule has 156 valence electrons. The van der Waals surface area contributed by atoms with E-state index in [-0.39, 0.29) is 23.9 Å². The number of nitrogens with two attached hydrogens (primary N) is 2. The van der Waals surface area contributed by atoms with Crippen LogP contribution in [0.2, 0.25) is 0 Å². The predicted molar refractivity (Wildman–Crippen MR) is 100 cm³/mol. The molecule has 28 heavy (non-hydrogen) atoms. The number of ether oxygens (including phenoxy) is 2. The summed E-state index contributed by atoms with van der Waals surface area (Å²) in [5.74, 6) is -2.50. The molecule has 0 aliphatic carbocycles. The van der Waals surface area contributed by atoms with Crippen LogP contribution < -0.4 is 16.8 Å². The van der Waals surface area contributed by atoms with E-state index in [1.807, 2.05) is 0 Å². The maximum absolute atomic E-state index is 11.8. The van der Waals surface area contributed by atoms with Gasteiger partial charge in [-0.15, -0.1) is 11.6 Å². The quantitative estimate of drug-likeness (QED) is 0.303. The van der Waals surface area contributed by atoms with Crippen LogP contribution in [-0.4, -0.2) is 64.1 Å². The summed E-state index contributed by atoms with van der Waals surface area (Å²) in [4.78, 5) is 35.0. The van der Waals surface area contributed by atoms with E-state index in [0.717, 1.165) is 6.26 Å². The van der Waals surface area contributed by atoms with Crippen molar-refractivity contribution in [1.82, 2.24) is 5.32 Å². The lowest BCUT2D eigenvalue weighted by Gasteiger charge is -2.28. The van der Waals surface area contributed by atoms with E-state index in [2.05, 4.69) is 5.32 Å². The van der Waals surface area contributed by atoms with Crippen molar-refractivity contribution >= 4 is 39.3 Å². The summed E-state index contributed by atoms with van der Waals surface area (Å²) in [6, 6.07) is 4.45. The lowest BCUT2D eigenvalue weighted by Crippen LogP contribution is -2.45. The van der Waals surface area contributed by atoms with Crippen LogP contribution in [0.1, 0.15) is 11.7 Å². The summed E-state index contributed by atoms with van der Waals surface area (Å²) >= 11 is 5.51. The van der Waals surface area contributed by atoms with E-state index < -0.39 is 46.4 Å². The highest BCUT2D eigenvalue weighted by Crippen LogP contribution is 2.24. The molecule has 0 bridgehead atoms. The van der Waals surface area contributed by atoms with Gasteiger partial charge in [-0.3, -0.25) is 14.4 Å². The largest absolute Gasteiger partial charge is 0.462 e. The maximum Gasteiger partial charge on any atom is 0.320 e. The molecule has 1 amide bonds. The molecule has 12 heteroatoms. The number of rotatable bonds is 10. The minimum atomic E-state index is -3.44. The van der Waals surface area contributed by atoms with Gasteiger partial charge in [0.2, 0.25) is 5.91 Å². The molecule has 5 N–H and O–H groups in total. The average molecular weight is 436 g/mol. The molecule has 0 aliphatic rings. The third-order valence-corrected chi connectivity index (χ3v) is 4.86. The Labute approximate surface area is 167 Å². The minimum Gasteiger partial charge on any atom is -0.462 e. The van der Waals surface area contributed by atoms with Gasteiger partial charge in [0.1, 0.15) is 18.5 Å². The highest BCUT2D eigenvalue weighted by molar-refractivity contribution is 7.90. The van der Waals surface area contributed by atoms with Gasteiger partial charge < -0.3 is 26.3 Å². The van der Waals surface area contributed by atoms with Gasteiger partial charge in [0.25, 0.3) is 0 Å². The number of esters is 2. The normalized spacial score (nSPS) is 13.3. The van der Waals surface area contributed by atoms with Gasteiger partial charge in [-0.05, 0) is 17.7 Å². The van der Waals surface area contributed by atoms with Crippen molar-refractivity contribution in [3.05, 3.63) is 29.8 Å². The molecular weight excluding hydrogens is 414 g/mol. The van der Waals surface area contributed by atoms with Crippen molar-refractivity contribution in [3.63, 3.8) is 0 Å². The van der Waals surface area contributed by atoms with Crippen LogP contribution in [0, 0.1) is 0 Å². The summed E-state index contributed by atoms with van der Waals surface area (Å²) in [6.07, 6.45) is -0.0774. The van der Waals surface area contributed by atoms with Gasteiger partial charge in [-0.1, -0.05) is 12.1 Å². The van der Waals surface area contributed by atoms with Crippen LogP contribution in [0.5, 0.6) is 0 Å². The molecule has 0 spiro atoms. The predicted octanol–water partition coefficient (Wildman–Crippen LogP) is -1.14. The fourth-order valence-electron chi connectivity index (χ4n) is 2.17. The molecule has 1 unspecified atom stereocenters. The molecule has 1 aromatic carbocycles. The number of benzene rings is 1. The molecule has 0 radical (unpaired) electrons. The fraction of sp³-hybridized carbons (Fsp3) is 0.438. The molecule has 0 aliphatic heterocycles. The third kappa shape index (κ3) is 7.43. The second kappa shape index (κ2) is 11.0. The molecule has 0 heterocycles. The molecule has 2 atom stereocenters. The first-order chi connectivity index (χ1) is 13.1. The Kier molecular flexibility index (Phi) is 9.32. The second-order valence-electron chi connectivity index (χ2n) is 5.65. The average Bonchev–Trinajstić information content (AvgIpc) is 2.68. The van der Waals surface area contributed by atoms with E-state index in [9.17, 15) is 22.8 Å². The number of carbonyl (C=O) groups is 3. The summed E-state index contributed by atoms with van der Waals surface area (Å²) in [5.41, 5.74) is 10.8. The Morgan fingerprint density at radius 1 is 1.11 bits per heavy atom. The lowest BCUT2D eigenvalue weighted by atomic mass is 10.0. The summed E-state index contributed by atoms with van der Waals surface area (Å²) < 4.78 is 33.5. The SMILES string of the molecule is CS(=O)(=O)c1ccc([C@@H](OC(=O)CN)C(COC(=O)CN)NC(=O)CCl)cc1. The first-order valence-corrected chi connectivity index (χ1v) is 10.5. The lowest BCUT2D eigenvalue weighted by molar-refractivity contribution is -0.153. The summed E-state index contributed by atoms with van der Waals surface area (Å²) in [6.45, 7) is -1.18. The van der Waals surface area contributed by atoms with E-state index in [1.54, 1.807) is 0 Å². The Bertz CT molecular complexity index is 799. The molecule has 0 saturated carbocycles. The van der Waals surface area contributed by atoms with Gasteiger partial charge in [0.15, 0.2) is 15.9 Å². The first kappa shape index (κ1) is 23.8. The van der Waals surface area contributed by atoms with Crippen molar-refractivity contribution in [3.8, 4) is 0 Å². The van der Waals surface area contributed by atoms with Crippen LogP contribution in [0.15, 0.2) is 29.2 Å². The zero-order chi connectivity index (χ0) is 21.3. The third-order valence-electron chi connectivity index (χ3n) is 3.49. The van der Waals surface area contributed by atoms with Crippen LogP contribution in [0.4, 0.5) is 0 Å². The van der Waals surface area contributed by atoms with E-state index in [0.29, 0.717) is 5.56 Å². The zero-order valence-corrected chi connectivity index (χ0v) is 16.7. The van der Waals surface area contributed by atoms with Crippen molar-refractivity contribution in [2.45, 2.75) is 17.0 Å². The van der Waals surface area contributed by atoms with Gasteiger partial charge >= 0.3 is 11.9 Å². The monoisotopic (exact) mass is 435 g/mol. The standard InChI is InChI=1S/C16H22ClN3O7S/c1-28(24,25)11-4-2-10(3-5-11)16(27-15(23)8-19)12(20-13(21)6-17)9-26-14(22)7-18/h2-5,12,16H,6-9,18-19H2,1H3,(H,20,21)/t12?,16-/m1/s1. The number of hydrogen-bond acceptors (Lipinski definition) is 9. The number of carbonyl (C=O) groups excluding carboxylic acids is 3. The highest BCUT2D eigenvalue weighted by Gasteiger charge is 2.30. The molecule has 1 rings (SSSR count). The van der Waals surface area contributed by atoms with Crippen LogP contribution in [0.25, 0.3) is 0 Å². The van der Waals surface area contributed by atoms with Crippen LogP contribution in [-0.2, 0) is 33.7 Å². The Morgan fingerprint density at radius 3 is 2.14 bits per heavy atom. The van der Waals surface area contributed by atoms with Crippen molar-refractivity contribution in [1.29, 1.82) is 0 Å². The minimum absolute atomic E-state index is 0.0519. The number of hydrogen-bond donors (Lipinski definition) is 3. The second-order valence-corrected chi connectivity index (χ2v) is 7.93. The smallest absolute Gasteiger partial charge is 0.320 e. The summed E-state index contributed by atoms with van der Waals surface area (Å²) in [7, 11) is -3.44. The number of halogens is 1. The fourth-order valence-corrected chi connectivity index (χ4v) is 2.88. The Hall–Kier alpha value is -2.21. The van der Waals surface area contributed by atoms with Crippen molar-refractivity contribution in [2.24, 2.45) is 11.5 Å². The molecule has 0 fully saturated rings. The van der Waals surface area contributed by atoms with Crippen molar-refractivity contribution in [2.75, 3.05) is 31.8 Å². The van der Waals surface area contributed by atoms with Crippen LogP contribution in [0.3, 0.4) is 0 Å². The molecular formula is C16H22ClN3O7S. The summed E-state index contributed by atoms with van der Waals surface area (Å²) in [5, 5.41) is 2.49. The maximum atomic E-state index is 11.8. The number of nitrogens with one attached hydrogen (secondary N) is 1. The van der Waals surface area contributed by atoms with Gasteiger partial charge in [-0.2, -0.15) is 0 Å². The van der Waals surface area contributed by atoms with E-state index in [1.165, 1.54) is 24.3 Å². The molecule has 10 nitrogen and oxygen atoms in total. The molecule has 1 aromatic rings. The number of alkyl halides is 1. The van der Waals surface area contributed by atoms with Gasteiger partial charge in [0.05, 0.1) is 18.0 Å². The van der Waals surface area contributed by atoms with E-state index in [4.69, 9.17) is 32.5 Å². The molecule has 0 aromatic heterocycles. The van der Waals surface area contributed by atoms with E-state index >= 15 is 0 Å². The topological polar surface area (TPSA) is 168 Å². The van der Waals surface area contributed by atoms with Gasteiger partial charge in [0, 0.05) is 6.26 Å². The highest BCUT2D eigenvalue weighted by atomic mass is 35.5.